The summed E-state index contributed by atoms with van der Waals surface area (Å²) in [6, 6.07) is 10.0. The van der Waals surface area contributed by atoms with Gasteiger partial charge in [0.1, 0.15) is 5.56 Å². The number of benzene rings is 1. The molecule has 158 valence electrons. The minimum Gasteiger partial charge on any atom is -0.337 e. The summed E-state index contributed by atoms with van der Waals surface area (Å²) in [5.41, 5.74) is 1.90. The molecule has 0 spiro atoms. The van der Waals surface area contributed by atoms with Crippen LogP contribution in [0, 0.1) is 12.8 Å². The molecule has 1 fully saturated rings. The van der Waals surface area contributed by atoms with Crippen molar-refractivity contribution in [1.82, 2.24) is 14.8 Å². The zero-order valence-corrected chi connectivity index (χ0v) is 18.9. The monoisotopic (exact) mass is 435 g/mol. The first kappa shape index (κ1) is 23.5. The molecule has 0 bridgehead atoms. The molecule has 2 aromatic rings. The van der Waals surface area contributed by atoms with E-state index in [0.29, 0.717) is 19.0 Å². The SMILES string of the molecule is CSc1cccc(CN(C)C(=O)c2c(C)ccn(CC3CCCNC3)c2=O)c1.Cl. The molecule has 0 saturated carbocycles. The van der Waals surface area contributed by atoms with Gasteiger partial charge in [-0.05, 0) is 74.4 Å². The van der Waals surface area contributed by atoms with Crippen molar-refractivity contribution >= 4 is 30.1 Å². The van der Waals surface area contributed by atoms with E-state index in [-0.39, 0.29) is 29.4 Å². The number of nitrogens with one attached hydrogen (secondary N) is 1. The largest absolute Gasteiger partial charge is 0.337 e. The predicted molar refractivity (Wildman–Crippen MR) is 122 cm³/mol. The average Bonchev–Trinajstić information content (AvgIpc) is 2.71. The summed E-state index contributed by atoms with van der Waals surface area (Å²) in [5.74, 6) is 0.220. The van der Waals surface area contributed by atoms with E-state index in [2.05, 4.69) is 17.4 Å². The van der Waals surface area contributed by atoms with Gasteiger partial charge in [-0.25, -0.2) is 0 Å². The van der Waals surface area contributed by atoms with Gasteiger partial charge in [-0.1, -0.05) is 12.1 Å². The van der Waals surface area contributed by atoms with E-state index >= 15 is 0 Å². The highest BCUT2D eigenvalue weighted by Gasteiger charge is 2.21. The van der Waals surface area contributed by atoms with Crippen LogP contribution in [0.15, 0.2) is 46.2 Å². The van der Waals surface area contributed by atoms with Gasteiger partial charge in [0, 0.05) is 31.2 Å². The number of pyridine rings is 1. The lowest BCUT2D eigenvalue weighted by Gasteiger charge is -2.24. The zero-order chi connectivity index (χ0) is 20.1. The summed E-state index contributed by atoms with van der Waals surface area (Å²) in [4.78, 5) is 28.9. The van der Waals surface area contributed by atoms with Crippen LogP contribution < -0.4 is 10.9 Å². The van der Waals surface area contributed by atoms with Crippen LogP contribution in [0.3, 0.4) is 0 Å². The molecule has 0 radical (unpaired) electrons. The number of hydrogen-bond acceptors (Lipinski definition) is 4. The lowest BCUT2D eigenvalue weighted by atomic mass is 9.99. The molecule has 1 saturated heterocycles. The second-order valence-corrected chi connectivity index (χ2v) is 8.44. The van der Waals surface area contributed by atoms with Crippen molar-refractivity contribution in [2.24, 2.45) is 5.92 Å². The normalized spacial score (nSPS) is 16.2. The number of rotatable bonds is 6. The summed E-state index contributed by atoms with van der Waals surface area (Å²) in [5, 5.41) is 3.39. The smallest absolute Gasteiger partial charge is 0.263 e. The van der Waals surface area contributed by atoms with E-state index in [0.717, 1.165) is 42.0 Å². The van der Waals surface area contributed by atoms with Crippen molar-refractivity contribution in [3.63, 3.8) is 0 Å². The Morgan fingerprint density at radius 3 is 2.83 bits per heavy atom. The number of aromatic nitrogens is 1. The molecule has 5 nitrogen and oxygen atoms in total. The Bertz CT molecular complexity index is 894. The van der Waals surface area contributed by atoms with Crippen molar-refractivity contribution in [3.05, 3.63) is 63.6 Å². The van der Waals surface area contributed by atoms with E-state index in [9.17, 15) is 9.59 Å². The van der Waals surface area contributed by atoms with Gasteiger partial charge in [-0.2, -0.15) is 0 Å². The molecular formula is C22H30ClN3O2S. The van der Waals surface area contributed by atoms with Crippen molar-refractivity contribution in [2.45, 2.75) is 37.8 Å². The van der Waals surface area contributed by atoms with Crippen LogP contribution in [-0.2, 0) is 13.1 Å². The van der Waals surface area contributed by atoms with Gasteiger partial charge in [0.25, 0.3) is 11.5 Å². The van der Waals surface area contributed by atoms with Gasteiger partial charge >= 0.3 is 0 Å². The average molecular weight is 436 g/mol. The number of aryl methyl sites for hydroxylation is 1. The fourth-order valence-electron chi connectivity index (χ4n) is 3.73. The zero-order valence-electron chi connectivity index (χ0n) is 17.3. The van der Waals surface area contributed by atoms with E-state index in [1.54, 1.807) is 28.3 Å². The molecule has 2 heterocycles. The van der Waals surface area contributed by atoms with Gasteiger partial charge in [0.05, 0.1) is 0 Å². The molecule has 1 amide bonds. The molecule has 0 aliphatic carbocycles. The number of amides is 1. The Balaban J connectivity index is 0.00000300. The van der Waals surface area contributed by atoms with Gasteiger partial charge in [-0.15, -0.1) is 24.2 Å². The number of hydrogen-bond donors (Lipinski definition) is 1. The number of piperidine rings is 1. The van der Waals surface area contributed by atoms with Gasteiger partial charge in [0.2, 0.25) is 0 Å². The highest BCUT2D eigenvalue weighted by molar-refractivity contribution is 7.98. The van der Waals surface area contributed by atoms with E-state index in [1.807, 2.05) is 37.6 Å². The quantitative estimate of drug-likeness (QED) is 0.704. The lowest BCUT2D eigenvalue weighted by molar-refractivity contribution is 0.0781. The maximum atomic E-state index is 13.1. The summed E-state index contributed by atoms with van der Waals surface area (Å²) in [6.07, 6.45) is 6.10. The fraction of sp³-hybridized carbons (Fsp3) is 0.455. The van der Waals surface area contributed by atoms with Crippen LogP contribution in [0.5, 0.6) is 0 Å². The minimum atomic E-state index is -0.215. The van der Waals surface area contributed by atoms with E-state index in [1.165, 1.54) is 0 Å². The van der Waals surface area contributed by atoms with Crippen molar-refractivity contribution in [2.75, 3.05) is 26.4 Å². The van der Waals surface area contributed by atoms with Crippen molar-refractivity contribution < 1.29 is 4.79 Å². The molecule has 1 aliphatic heterocycles. The Kier molecular flexibility index (Phi) is 8.80. The molecular weight excluding hydrogens is 406 g/mol. The first-order valence-electron chi connectivity index (χ1n) is 9.78. The topological polar surface area (TPSA) is 54.3 Å². The highest BCUT2D eigenvalue weighted by atomic mass is 35.5. The first-order chi connectivity index (χ1) is 13.5. The second-order valence-electron chi connectivity index (χ2n) is 7.56. The van der Waals surface area contributed by atoms with Crippen molar-refractivity contribution in [1.29, 1.82) is 0 Å². The van der Waals surface area contributed by atoms with Gasteiger partial charge < -0.3 is 14.8 Å². The van der Waals surface area contributed by atoms with Crippen molar-refractivity contribution in [3.8, 4) is 0 Å². The molecule has 1 aromatic heterocycles. The van der Waals surface area contributed by atoms with Crippen LogP contribution in [0.4, 0.5) is 0 Å². The number of nitrogens with zero attached hydrogens (tertiary/aromatic N) is 2. The van der Waals surface area contributed by atoms with Crippen LogP contribution in [0.1, 0.15) is 34.3 Å². The molecule has 1 aliphatic rings. The molecule has 7 heteroatoms. The van der Waals surface area contributed by atoms with Gasteiger partial charge in [-0.3, -0.25) is 9.59 Å². The maximum absolute atomic E-state index is 13.1. The third-order valence-electron chi connectivity index (χ3n) is 5.34. The van der Waals surface area contributed by atoms with Crippen LogP contribution in [0.25, 0.3) is 0 Å². The fourth-order valence-corrected chi connectivity index (χ4v) is 4.22. The molecule has 1 N–H and O–H groups in total. The third-order valence-corrected chi connectivity index (χ3v) is 6.07. The second kappa shape index (κ2) is 10.9. The highest BCUT2D eigenvalue weighted by Crippen LogP contribution is 2.18. The lowest BCUT2D eigenvalue weighted by Crippen LogP contribution is -2.38. The maximum Gasteiger partial charge on any atom is 0.263 e. The minimum absolute atomic E-state index is 0. The van der Waals surface area contributed by atoms with E-state index < -0.39 is 0 Å². The van der Waals surface area contributed by atoms with Gasteiger partial charge in [0.15, 0.2) is 0 Å². The Labute approximate surface area is 183 Å². The summed E-state index contributed by atoms with van der Waals surface area (Å²) in [7, 11) is 1.76. The summed E-state index contributed by atoms with van der Waals surface area (Å²) in [6.45, 7) is 4.95. The van der Waals surface area contributed by atoms with Crippen LogP contribution >= 0.6 is 24.2 Å². The Hall–Kier alpha value is -1.76. The predicted octanol–water partition coefficient (Wildman–Crippen LogP) is 3.57. The third kappa shape index (κ3) is 5.87. The number of carbonyl (C=O) groups excluding carboxylic acids is 1. The van der Waals surface area contributed by atoms with Crippen LogP contribution in [0.2, 0.25) is 0 Å². The molecule has 3 rings (SSSR count). The van der Waals surface area contributed by atoms with Crippen LogP contribution in [-0.4, -0.2) is 41.8 Å². The Morgan fingerprint density at radius 2 is 2.14 bits per heavy atom. The molecule has 1 unspecified atom stereocenters. The Morgan fingerprint density at radius 1 is 1.34 bits per heavy atom. The standard InChI is InChI=1S/C22H29N3O2S.ClH/c1-16-9-11-25(15-18-7-5-10-23-13-18)22(27)20(16)21(26)24(2)14-17-6-4-8-19(12-17)28-3;/h4,6,8-9,11-12,18,23H,5,7,10,13-15H2,1-3H3;1H. The number of thioether (sulfide) groups is 1. The number of carbonyl (C=O) groups is 1. The summed E-state index contributed by atoms with van der Waals surface area (Å²) < 4.78 is 1.71. The first-order valence-corrected chi connectivity index (χ1v) is 11.0. The van der Waals surface area contributed by atoms with E-state index in [4.69, 9.17) is 0 Å². The molecule has 1 atom stereocenters. The molecule has 29 heavy (non-hydrogen) atoms. The number of halogens is 1. The summed E-state index contributed by atoms with van der Waals surface area (Å²) >= 11 is 1.68. The molecule has 1 aromatic carbocycles.